The maximum atomic E-state index is 12.1. The van der Waals surface area contributed by atoms with Crippen LogP contribution in [0.2, 0.25) is 0 Å². The van der Waals surface area contributed by atoms with Crippen LogP contribution in [-0.4, -0.2) is 29.6 Å². The van der Waals surface area contributed by atoms with Crippen LogP contribution >= 0.6 is 12.6 Å². The van der Waals surface area contributed by atoms with Gasteiger partial charge in [-0.05, 0) is 64.2 Å². The monoisotopic (exact) mass is 493 g/mol. The molecule has 3 N–H and O–H groups in total. The van der Waals surface area contributed by atoms with Gasteiger partial charge in [0.2, 0.25) is 0 Å². The number of thiol groups is 1. The molecule has 0 saturated heterocycles. The Labute approximate surface area is 211 Å². The Hall–Kier alpha value is -2.48. The van der Waals surface area contributed by atoms with Gasteiger partial charge < -0.3 is 20.5 Å². The first-order chi connectivity index (χ1) is 15.8. The highest BCUT2D eigenvalue weighted by molar-refractivity contribution is 7.85. The molecule has 1 atom stereocenters. The van der Waals surface area contributed by atoms with E-state index in [0.29, 0.717) is 16.4 Å². The Morgan fingerprint density at radius 3 is 2.29 bits per heavy atom. The normalized spacial score (nSPS) is 13.1. The summed E-state index contributed by atoms with van der Waals surface area (Å²) in [6, 6.07) is 3.50. The van der Waals surface area contributed by atoms with Gasteiger partial charge in [-0.3, -0.25) is 4.79 Å². The zero-order valence-electron chi connectivity index (χ0n) is 22.0. The Balaban J connectivity index is 0.00000116. The summed E-state index contributed by atoms with van der Waals surface area (Å²) in [4.78, 5) is 26.9. The molecule has 34 heavy (non-hydrogen) atoms. The van der Waals surface area contributed by atoms with Gasteiger partial charge in [0.1, 0.15) is 11.4 Å². The van der Waals surface area contributed by atoms with Crippen LogP contribution in [-0.2, 0) is 19.1 Å². The van der Waals surface area contributed by atoms with E-state index in [-0.39, 0.29) is 17.5 Å². The van der Waals surface area contributed by atoms with E-state index in [1.54, 1.807) is 18.3 Å². The quantitative estimate of drug-likeness (QED) is 0.152. The minimum Gasteiger partial charge on any atom is -0.465 e. The second-order valence-electron chi connectivity index (χ2n) is 9.06. The number of carbonyl (C=O) groups is 2. The largest absolute Gasteiger partial charge is 0.465 e. The van der Waals surface area contributed by atoms with Gasteiger partial charge in [0.05, 0.1) is 12.0 Å². The fraction of sp³-hybridized carbons (Fsp3) is 0.577. The van der Waals surface area contributed by atoms with Crippen LogP contribution in [0.3, 0.4) is 0 Å². The van der Waals surface area contributed by atoms with E-state index in [2.05, 4.69) is 36.8 Å². The number of anilines is 2. The zero-order chi connectivity index (χ0) is 26.3. The van der Waals surface area contributed by atoms with Crippen molar-refractivity contribution in [3.63, 3.8) is 0 Å². The SMILES string of the molecule is CC(=O)OC(C)(C)C.CCCCC(CCC)C(/C=C(\C)Nc1cc(N)ccn1)=C(/S)C(=O)OC. The maximum absolute atomic E-state index is 12.1. The molecular formula is C26H43N3O4S. The molecule has 0 spiro atoms. The number of methoxy groups -OCH3 is 1. The predicted octanol–water partition coefficient (Wildman–Crippen LogP) is 6.29. The number of ether oxygens (including phenoxy) is 2. The third-order valence-corrected chi connectivity index (χ3v) is 5.01. The number of hydrogen-bond donors (Lipinski definition) is 3. The molecular weight excluding hydrogens is 450 g/mol. The van der Waals surface area contributed by atoms with Gasteiger partial charge in [0.25, 0.3) is 0 Å². The molecule has 8 heteroatoms. The van der Waals surface area contributed by atoms with E-state index in [9.17, 15) is 9.59 Å². The summed E-state index contributed by atoms with van der Waals surface area (Å²) in [5.74, 6) is 0.291. The average molecular weight is 494 g/mol. The first-order valence-corrected chi connectivity index (χ1v) is 12.2. The number of nitrogens with two attached hydrogens (primary N) is 1. The van der Waals surface area contributed by atoms with Crippen LogP contribution in [0.1, 0.15) is 80.6 Å². The molecule has 1 heterocycles. The minimum absolute atomic E-state index is 0.225. The van der Waals surface area contributed by atoms with E-state index < -0.39 is 5.97 Å². The van der Waals surface area contributed by atoms with Crippen molar-refractivity contribution < 1.29 is 19.1 Å². The Morgan fingerprint density at radius 2 is 1.85 bits per heavy atom. The Bertz CT molecular complexity index is 845. The third kappa shape index (κ3) is 13.9. The number of rotatable bonds is 10. The van der Waals surface area contributed by atoms with Gasteiger partial charge in [0.15, 0.2) is 0 Å². The van der Waals surface area contributed by atoms with Crippen LogP contribution in [0.5, 0.6) is 0 Å². The van der Waals surface area contributed by atoms with Gasteiger partial charge >= 0.3 is 11.9 Å². The molecule has 0 aliphatic heterocycles. The van der Waals surface area contributed by atoms with Crippen molar-refractivity contribution in [3.05, 3.63) is 40.6 Å². The number of nitrogens with one attached hydrogen (secondary N) is 1. The van der Waals surface area contributed by atoms with Gasteiger partial charge in [-0.1, -0.05) is 33.1 Å². The lowest BCUT2D eigenvalue weighted by Crippen LogP contribution is -2.21. The molecule has 1 aromatic rings. The number of pyridine rings is 1. The lowest BCUT2D eigenvalue weighted by Gasteiger charge is -2.20. The predicted molar refractivity (Wildman–Crippen MR) is 143 cm³/mol. The lowest BCUT2D eigenvalue weighted by molar-refractivity contribution is -0.151. The molecule has 1 aromatic heterocycles. The average Bonchev–Trinajstić information content (AvgIpc) is 2.72. The number of nitrogen functional groups attached to an aromatic ring is 1. The molecule has 1 unspecified atom stereocenters. The number of esters is 2. The van der Waals surface area contributed by atoms with E-state index in [1.807, 2.05) is 33.8 Å². The molecule has 7 nitrogen and oxygen atoms in total. The van der Waals surface area contributed by atoms with Crippen molar-refractivity contribution in [2.75, 3.05) is 18.2 Å². The number of carbonyl (C=O) groups excluding carboxylic acids is 2. The van der Waals surface area contributed by atoms with Gasteiger partial charge in [-0.2, -0.15) is 0 Å². The number of hydrogen-bond acceptors (Lipinski definition) is 8. The summed E-state index contributed by atoms with van der Waals surface area (Å²) in [7, 11) is 1.38. The van der Waals surface area contributed by atoms with E-state index in [1.165, 1.54) is 14.0 Å². The fourth-order valence-corrected chi connectivity index (χ4v) is 3.60. The van der Waals surface area contributed by atoms with Crippen molar-refractivity contribution in [1.29, 1.82) is 0 Å². The van der Waals surface area contributed by atoms with E-state index in [0.717, 1.165) is 43.4 Å². The van der Waals surface area contributed by atoms with E-state index >= 15 is 0 Å². The summed E-state index contributed by atoms with van der Waals surface area (Å²) in [6.45, 7) is 13.2. The molecule has 192 valence electrons. The Kier molecular flexibility index (Phi) is 15.0. The first kappa shape index (κ1) is 31.5. The van der Waals surface area contributed by atoms with Crippen molar-refractivity contribution >= 4 is 36.1 Å². The summed E-state index contributed by atoms with van der Waals surface area (Å²) >= 11 is 4.47. The molecule has 0 aromatic carbocycles. The topological polar surface area (TPSA) is 104 Å². The lowest BCUT2D eigenvalue weighted by atomic mass is 9.88. The number of unbranched alkanes of at least 4 members (excludes halogenated alkanes) is 1. The summed E-state index contributed by atoms with van der Waals surface area (Å²) in [5, 5.41) is 3.23. The van der Waals surface area contributed by atoms with Crippen LogP contribution in [0.25, 0.3) is 0 Å². The molecule has 0 radical (unpaired) electrons. The summed E-state index contributed by atoms with van der Waals surface area (Å²) in [5.41, 5.74) is 7.89. The number of allylic oxidation sites excluding steroid dienone is 3. The van der Waals surface area contributed by atoms with E-state index in [4.69, 9.17) is 15.2 Å². The molecule has 0 saturated carbocycles. The second-order valence-corrected chi connectivity index (χ2v) is 9.50. The summed E-state index contributed by atoms with van der Waals surface area (Å²) in [6.07, 6.45) is 8.89. The van der Waals surface area contributed by atoms with Gasteiger partial charge in [-0.25, -0.2) is 9.78 Å². The third-order valence-electron chi connectivity index (χ3n) is 4.57. The standard InChI is InChI=1S/C20H31N3O2S.C6H12O2/c1-5-7-9-15(8-6-2)17(19(26)20(24)25-4)12-14(3)23-18-13-16(21)10-11-22-18;1-5(7)8-6(2,3)4/h10-13,15,26H,5-9H2,1-4H3,(H3,21,22,23);1-4H3/b14-12+,19-17+;. The van der Waals surface area contributed by atoms with Gasteiger partial charge in [-0.15, -0.1) is 12.6 Å². The highest BCUT2D eigenvalue weighted by Crippen LogP contribution is 2.30. The number of nitrogens with zero attached hydrogens (tertiary/aromatic N) is 1. The molecule has 0 amide bonds. The zero-order valence-corrected chi connectivity index (χ0v) is 22.9. The van der Waals surface area contributed by atoms with Gasteiger partial charge in [0, 0.05) is 30.6 Å². The summed E-state index contributed by atoms with van der Waals surface area (Å²) < 4.78 is 9.69. The van der Waals surface area contributed by atoms with Crippen molar-refractivity contribution in [1.82, 2.24) is 4.98 Å². The van der Waals surface area contributed by atoms with Crippen molar-refractivity contribution in [2.24, 2.45) is 5.92 Å². The maximum Gasteiger partial charge on any atom is 0.344 e. The smallest absolute Gasteiger partial charge is 0.344 e. The minimum atomic E-state index is -0.410. The molecule has 0 aliphatic carbocycles. The molecule has 0 aliphatic rings. The van der Waals surface area contributed by atoms with Crippen LogP contribution in [0.15, 0.2) is 40.6 Å². The second kappa shape index (κ2) is 16.2. The number of aromatic nitrogens is 1. The van der Waals surface area contributed by atoms with Crippen LogP contribution in [0.4, 0.5) is 11.5 Å². The molecule has 1 rings (SSSR count). The highest BCUT2D eigenvalue weighted by Gasteiger charge is 2.19. The first-order valence-electron chi connectivity index (χ1n) is 11.7. The van der Waals surface area contributed by atoms with Crippen LogP contribution in [0, 0.1) is 5.92 Å². The molecule has 0 bridgehead atoms. The fourth-order valence-electron chi connectivity index (χ4n) is 3.27. The van der Waals surface area contributed by atoms with Crippen molar-refractivity contribution in [2.45, 2.75) is 86.2 Å². The van der Waals surface area contributed by atoms with Crippen LogP contribution < -0.4 is 11.1 Å². The van der Waals surface area contributed by atoms with Crippen molar-refractivity contribution in [3.8, 4) is 0 Å². The highest BCUT2D eigenvalue weighted by atomic mass is 32.1. The molecule has 0 fully saturated rings. The Morgan fingerprint density at radius 1 is 1.21 bits per heavy atom.